The number of hydrogen-bond donors (Lipinski definition) is 2. The third kappa shape index (κ3) is 6.03. The van der Waals surface area contributed by atoms with Crippen molar-refractivity contribution in [3.63, 3.8) is 0 Å². The monoisotopic (exact) mass is 325 g/mol. The molecule has 0 aromatic heterocycles. The molecule has 1 rings (SSSR count). The highest BCUT2D eigenvalue weighted by Crippen LogP contribution is 2.17. The zero-order chi connectivity index (χ0) is 16.7. The molecule has 1 aromatic carbocycles. The van der Waals surface area contributed by atoms with Crippen LogP contribution >= 0.6 is 11.6 Å². The van der Waals surface area contributed by atoms with Crippen LogP contribution in [0.15, 0.2) is 24.3 Å². The lowest BCUT2D eigenvalue weighted by molar-refractivity contribution is -0.124. The molecule has 0 bridgehead atoms. The third-order valence-corrected chi connectivity index (χ3v) is 3.69. The SMILES string of the molecule is CC(C)CNC(=O)NC(=O)C(C)N(C)Cc1ccccc1Cl. The predicted molar refractivity (Wildman–Crippen MR) is 88.8 cm³/mol. The molecule has 0 fully saturated rings. The summed E-state index contributed by atoms with van der Waals surface area (Å²) in [4.78, 5) is 25.5. The molecule has 0 aliphatic rings. The van der Waals surface area contributed by atoms with Crippen LogP contribution < -0.4 is 10.6 Å². The number of benzene rings is 1. The Labute approximate surface area is 137 Å². The van der Waals surface area contributed by atoms with Gasteiger partial charge in [-0.3, -0.25) is 15.0 Å². The quantitative estimate of drug-likeness (QED) is 0.845. The fraction of sp³-hybridized carbons (Fsp3) is 0.500. The summed E-state index contributed by atoms with van der Waals surface area (Å²) in [6, 6.07) is 6.59. The maximum Gasteiger partial charge on any atom is 0.321 e. The van der Waals surface area contributed by atoms with E-state index < -0.39 is 12.1 Å². The molecule has 0 aliphatic heterocycles. The van der Waals surface area contributed by atoms with Crippen molar-refractivity contribution >= 4 is 23.5 Å². The molecule has 1 atom stereocenters. The van der Waals surface area contributed by atoms with E-state index in [1.807, 2.05) is 50.1 Å². The highest BCUT2D eigenvalue weighted by atomic mass is 35.5. The van der Waals surface area contributed by atoms with Crippen LogP contribution in [-0.4, -0.2) is 36.5 Å². The van der Waals surface area contributed by atoms with E-state index in [-0.39, 0.29) is 5.91 Å². The number of hydrogen-bond acceptors (Lipinski definition) is 3. The van der Waals surface area contributed by atoms with Crippen LogP contribution in [-0.2, 0) is 11.3 Å². The van der Waals surface area contributed by atoms with Gasteiger partial charge in [0.2, 0.25) is 5.91 Å². The second-order valence-electron chi connectivity index (χ2n) is 5.78. The van der Waals surface area contributed by atoms with Crippen LogP contribution in [0, 0.1) is 5.92 Å². The number of nitrogens with zero attached hydrogens (tertiary/aromatic N) is 1. The van der Waals surface area contributed by atoms with E-state index in [0.717, 1.165) is 5.56 Å². The molecule has 3 amide bonds. The van der Waals surface area contributed by atoms with Gasteiger partial charge >= 0.3 is 6.03 Å². The topological polar surface area (TPSA) is 61.4 Å². The fourth-order valence-electron chi connectivity index (χ4n) is 1.79. The second kappa shape index (κ2) is 8.76. The first-order chi connectivity index (χ1) is 10.3. The van der Waals surface area contributed by atoms with Gasteiger partial charge in [0.05, 0.1) is 6.04 Å². The summed E-state index contributed by atoms with van der Waals surface area (Å²) < 4.78 is 0. The number of urea groups is 1. The van der Waals surface area contributed by atoms with Gasteiger partial charge < -0.3 is 5.32 Å². The summed E-state index contributed by atoms with van der Waals surface area (Å²) in [6.07, 6.45) is 0. The van der Waals surface area contributed by atoms with Gasteiger partial charge in [-0.25, -0.2) is 4.79 Å². The van der Waals surface area contributed by atoms with E-state index in [9.17, 15) is 9.59 Å². The van der Waals surface area contributed by atoms with E-state index in [1.165, 1.54) is 0 Å². The van der Waals surface area contributed by atoms with E-state index in [0.29, 0.717) is 24.0 Å². The van der Waals surface area contributed by atoms with Crippen molar-refractivity contribution in [2.75, 3.05) is 13.6 Å². The van der Waals surface area contributed by atoms with Crippen molar-refractivity contribution in [2.45, 2.75) is 33.4 Å². The molecule has 0 heterocycles. The summed E-state index contributed by atoms with van der Waals surface area (Å²) in [7, 11) is 1.82. The largest absolute Gasteiger partial charge is 0.338 e. The summed E-state index contributed by atoms with van der Waals surface area (Å²) >= 11 is 6.12. The van der Waals surface area contributed by atoms with Crippen molar-refractivity contribution in [2.24, 2.45) is 5.92 Å². The maximum absolute atomic E-state index is 12.1. The van der Waals surface area contributed by atoms with Gasteiger partial charge in [0, 0.05) is 18.1 Å². The van der Waals surface area contributed by atoms with Gasteiger partial charge in [-0.1, -0.05) is 43.6 Å². The molecule has 0 radical (unpaired) electrons. The average molecular weight is 326 g/mol. The van der Waals surface area contributed by atoms with E-state index >= 15 is 0 Å². The normalized spacial score (nSPS) is 12.3. The predicted octanol–water partition coefficient (Wildman–Crippen LogP) is 2.64. The van der Waals surface area contributed by atoms with Gasteiger partial charge in [-0.2, -0.15) is 0 Å². The molecule has 1 aromatic rings. The Bertz CT molecular complexity index is 520. The molecular formula is C16H24ClN3O2. The van der Waals surface area contributed by atoms with E-state index in [2.05, 4.69) is 10.6 Å². The Balaban J connectivity index is 2.52. The minimum atomic E-state index is -0.461. The molecule has 0 aliphatic carbocycles. The lowest BCUT2D eigenvalue weighted by Gasteiger charge is -2.24. The molecular weight excluding hydrogens is 302 g/mol. The van der Waals surface area contributed by atoms with Crippen molar-refractivity contribution in [1.82, 2.24) is 15.5 Å². The number of carbonyl (C=O) groups is 2. The summed E-state index contributed by atoms with van der Waals surface area (Å²) in [5.41, 5.74) is 0.940. The molecule has 0 spiro atoms. The molecule has 122 valence electrons. The lowest BCUT2D eigenvalue weighted by atomic mass is 10.2. The average Bonchev–Trinajstić information content (AvgIpc) is 2.46. The molecule has 0 saturated carbocycles. The van der Waals surface area contributed by atoms with Crippen molar-refractivity contribution in [3.8, 4) is 0 Å². The van der Waals surface area contributed by atoms with Crippen LogP contribution in [0.25, 0.3) is 0 Å². The van der Waals surface area contributed by atoms with Crippen molar-refractivity contribution < 1.29 is 9.59 Å². The van der Waals surface area contributed by atoms with Crippen LogP contribution in [0.3, 0.4) is 0 Å². The minimum absolute atomic E-state index is 0.334. The van der Waals surface area contributed by atoms with Gasteiger partial charge in [0.1, 0.15) is 0 Å². The van der Waals surface area contributed by atoms with Crippen LogP contribution in [0.4, 0.5) is 4.79 Å². The summed E-state index contributed by atoms with van der Waals surface area (Å²) in [5.74, 6) is -0.00280. The molecule has 2 N–H and O–H groups in total. The Morgan fingerprint density at radius 1 is 1.23 bits per heavy atom. The van der Waals surface area contributed by atoms with Gasteiger partial charge in [-0.15, -0.1) is 0 Å². The van der Waals surface area contributed by atoms with Crippen LogP contribution in [0.1, 0.15) is 26.3 Å². The number of carbonyl (C=O) groups excluding carboxylic acids is 2. The molecule has 0 saturated heterocycles. The number of nitrogens with one attached hydrogen (secondary N) is 2. The van der Waals surface area contributed by atoms with Gasteiger partial charge in [0.25, 0.3) is 0 Å². The molecule has 6 heteroatoms. The Kier molecular flexibility index (Phi) is 7.35. The Morgan fingerprint density at radius 3 is 2.45 bits per heavy atom. The van der Waals surface area contributed by atoms with Gasteiger partial charge in [-0.05, 0) is 31.5 Å². The highest BCUT2D eigenvalue weighted by Gasteiger charge is 2.20. The first kappa shape index (κ1) is 18.5. The number of imide groups is 1. The molecule has 22 heavy (non-hydrogen) atoms. The number of amides is 3. The van der Waals surface area contributed by atoms with Gasteiger partial charge in [0.15, 0.2) is 0 Å². The zero-order valence-electron chi connectivity index (χ0n) is 13.5. The maximum atomic E-state index is 12.1. The first-order valence-corrected chi connectivity index (χ1v) is 7.71. The van der Waals surface area contributed by atoms with E-state index in [1.54, 1.807) is 6.92 Å². The van der Waals surface area contributed by atoms with Crippen molar-refractivity contribution in [1.29, 1.82) is 0 Å². The van der Waals surface area contributed by atoms with Crippen LogP contribution in [0.5, 0.6) is 0 Å². The van der Waals surface area contributed by atoms with Crippen LogP contribution in [0.2, 0.25) is 5.02 Å². The standard InChI is InChI=1S/C16H24ClN3O2/c1-11(2)9-18-16(22)19-15(21)12(3)20(4)10-13-7-5-6-8-14(13)17/h5-8,11-12H,9-10H2,1-4H3,(H2,18,19,21,22). The Morgan fingerprint density at radius 2 is 1.86 bits per heavy atom. The second-order valence-corrected chi connectivity index (χ2v) is 6.18. The first-order valence-electron chi connectivity index (χ1n) is 7.33. The van der Waals surface area contributed by atoms with Crippen molar-refractivity contribution in [3.05, 3.63) is 34.9 Å². The lowest BCUT2D eigenvalue weighted by Crippen LogP contribution is -2.48. The molecule has 5 nitrogen and oxygen atoms in total. The molecule has 1 unspecified atom stereocenters. The smallest absolute Gasteiger partial charge is 0.321 e. The summed E-state index contributed by atoms with van der Waals surface area (Å²) in [5, 5.41) is 5.67. The number of likely N-dealkylation sites (N-methyl/N-ethyl adjacent to an activating group) is 1. The number of halogens is 1. The minimum Gasteiger partial charge on any atom is -0.338 e. The van der Waals surface area contributed by atoms with E-state index in [4.69, 9.17) is 11.6 Å². The Hall–Kier alpha value is -1.59. The number of rotatable bonds is 6. The fourth-order valence-corrected chi connectivity index (χ4v) is 1.99. The third-order valence-electron chi connectivity index (χ3n) is 3.33. The summed E-state index contributed by atoms with van der Waals surface area (Å²) in [6.45, 7) is 6.79. The highest BCUT2D eigenvalue weighted by molar-refractivity contribution is 6.31. The zero-order valence-corrected chi connectivity index (χ0v) is 14.3.